The van der Waals surface area contributed by atoms with Crippen LogP contribution >= 0.6 is 0 Å². The Hall–Kier alpha value is -0.154. The van der Waals surface area contributed by atoms with Crippen molar-refractivity contribution in [1.29, 1.82) is 0 Å². The van der Waals surface area contributed by atoms with E-state index in [4.69, 9.17) is 0 Å². The van der Waals surface area contributed by atoms with Crippen molar-refractivity contribution in [3.63, 3.8) is 0 Å². The zero-order chi connectivity index (χ0) is 10.9. The van der Waals surface area contributed by atoms with Gasteiger partial charge in [-0.3, -0.25) is 10.1 Å². The first-order valence-electron chi connectivity index (χ1n) is 3.35. The Bertz CT molecular complexity index is 380. The molecule has 0 aromatic heterocycles. The Morgan fingerprint density at radius 1 is 1.27 bits per heavy atom. The quantitative estimate of drug-likeness (QED) is 0.350. The van der Waals surface area contributed by atoms with Crippen molar-refractivity contribution in [3.8, 4) is 5.75 Å². The van der Waals surface area contributed by atoms with Crippen LogP contribution in [0.15, 0.2) is 18.2 Å². The molecule has 0 heterocycles. The molecule has 0 bridgehead atoms. The summed E-state index contributed by atoms with van der Waals surface area (Å²) in [5.74, 6) is -0.829. The maximum absolute atomic E-state index is 12.1. The van der Waals surface area contributed by atoms with E-state index in [-0.39, 0.29) is 51.4 Å². The number of rotatable bonds is 1. The van der Waals surface area contributed by atoms with E-state index in [1.165, 1.54) is 0 Å². The molecule has 0 radical (unpaired) electrons. The summed E-state index contributed by atoms with van der Waals surface area (Å²) in [6, 6.07) is 1.39. The fourth-order valence-electron chi connectivity index (χ4n) is 0.902. The van der Waals surface area contributed by atoms with Gasteiger partial charge in [0.2, 0.25) is 0 Å². The molecule has 0 N–H and O–H groups in total. The number of nitro benzene ring substituents is 1. The summed E-state index contributed by atoms with van der Waals surface area (Å²) in [5.41, 5.74) is -2.63. The first-order valence-corrected chi connectivity index (χ1v) is 3.35. The van der Waals surface area contributed by atoms with E-state index in [0.29, 0.717) is 18.2 Å². The summed E-state index contributed by atoms with van der Waals surface area (Å²) in [6.45, 7) is 0. The maximum Gasteiger partial charge on any atom is 1.00 e. The molecule has 0 unspecified atom stereocenters. The van der Waals surface area contributed by atoms with Crippen LogP contribution in [0.4, 0.5) is 18.9 Å². The fourth-order valence-corrected chi connectivity index (χ4v) is 0.902. The topological polar surface area (TPSA) is 66.2 Å². The average molecular weight is 245 g/mol. The number of nitro groups is 1. The first-order chi connectivity index (χ1) is 6.32. The van der Waals surface area contributed by atoms with Crippen LogP contribution in [0.25, 0.3) is 0 Å². The van der Waals surface area contributed by atoms with Crippen LogP contribution in [0.3, 0.4) is 0 Å². The van der Waals surface area contributed by atoms with Crippen molar-refractivity contribution in [2.45, 2.75) is 6.18 Å². The molecule has 1 rings (SSSR count). The molecule has 0 saturated carbocycles. The molecule has 0 atom stereocenters. The number of nitrogens with zero attached hydrogens (tertiary/aromatic N) is 1. The third kappa shape index (κ3) is 3.72. The molecule has 15 heavy (non-hydrogen) atoms. The van der Waals surface area contributed by atoms with Crippen LogP contribution in [0.2, 0.25) is 0 Å². The minimum Gasteiger partial charge on any atom is -0.872 e. The van der Waals surface area contributed by atoms with Gasteiger partial charge in [-0.25, -0.2) is 0 Å². The average Bonchev–Trinajstić information content (AvgIpc) is 2.01. The maximum atomic E-state index is 12.1. The second-order valence-electron chi connectivity index (χ2n) is 2.43. The van der Waals surface area contributed by atoms with Gasteiger partial charge in [0.1, 0.15) is 5.56 Å². The normalized spacial score (nSPS) is 10.6. The molecule has 0 aliphatic heterocycles. The largest absolute Gasteiger partial charge is 1.00 e. The second-order valence-corrected chi connectivity index (χ2v) is 2.43. The molecule has 1 aromatic rings. The third-order valence-corrected chi connectivity index (χ3v) is 1.47. The third-order valence-electron chi connectivity index (χ3n) is 1.47. The van der Waals surface area contributed by atoms with Gasteiger partial charge in [-0.1, -0.05) is 6.07 Å². The molecular formula is C7H3F3KNO3. The second kappa shape index (κ2) is 5.26. The summed E-state index contributed by atoms with van der Waals surface area (Å²) in [7, 11) is 0. The van der Waals surface area contributed by atoms with E-state index in [1.54, 1.807) is 0 Å². The Morgan fingerprint density at radius 2 is 1.80 bits per heavy atom. The SMILES string of the molecule is O=[N+]([O-])c1cc([O-])ccc1C(F)(F)F.[K+]. The minimum atomic E-state index is -4.82. The van der Waals surface area contributed by atoms with Crippen LogP contribution in [0.5, 0.6) is 5.75 Å². The molecule has 0 aliphatic rings. The van der Waals surface area contributed by atoms with Gasteiger partial charge in [0.15, 0.2) is 0 Å². The summed E-state index contributed by atoms with van der Waals surface area (Å²) in [5, 5.41) is 20.8. The Balaban J connectivity index is 0.00000196. The van der Waals surface area contributed by atoms with Crippen LogP contribution < -0.4 is 56.5 Å². The van der Waals surface area contributed by atoms with Crippen molar-refractivity contribution in [1.82, 2.24) is 0 Å². The van der Waals surface area contributed by atoms with Gasteiger partial charge in [0.25, 0.3) is 5.69 Å². The number of alkyl halides is 3. The zero-order valence-corrected chi connectivity index (χ0v) is 10.7. The Labute approximate surface area is 125 Å². The molecule has 0 amide bonds. The number of halogens is 3. The van der Waals surface area contributed by atoms with E-state index in [2.05, 4.69) is 0 Å². The van der Waals surface area contributed by atoms with Crippen LogP contribution in [-0.2, 0) is 6.18 Å². The number of benzene rings is 1. The fraction of sp³-hybridized carbons (Fsp3) is 0.143. The van der Waals surface area contributed by atoms with Gasteiger partial charge in [-0.15, -0.1) is 5.75 Å². The van der Waals surface area contributed by atoms with Gasteiger partial charge in [-0.2, -0.15) is 13.2 Å². The summed E-state index contributed by atoms with van der Waals surface area (Å²) in [4.78, 5) is 8.96. The van der Waals surface area contributed by atoms with Gasteiger partial charge >= 0.3 is 57.6 Å². The zero-order valence-electron chi connectivity index (χ0n) is 7.54. The summed E-state index contributed by atoms with van der Waals surface area (Å²) in [6.07, 6.45) is -4.82. The molecule has 8 heteroatoms. The van der Waals surface area contributed by atoms with E-state index in [9.17, 15) is 28.4 Å². The Kier molecular flexibility index (Phi) is 5.20. The predicted octanol–water partition coefficient (Wildman–Crippen LogP) is -1.31. The van der Waals surface area contributed by atoms with Crippen LogP contribution in [-0.4, -0.2) is 4.92 Å². The molecule has 76 valence electrons. The summed E-state index contributed by atoms with van der Waals surface area (Å²) >= 11 is 0. The van der Waals surface area contributed by atoms with Crippen LogP contribution in [0.1, 0.15) is 5.56 Å². The van der Waals surface area contributed by atoms with Crippen molar-refractivity contribution < 1.29 is 74.6 Å². The molecule has 4 nitrogen and oxygen atoms in total. The molecule has 0 spiro atoms. The van der Waals surface area contributed by atoms with Crippen molar-refractivity contribution in [2.75, 3.05) is 0 Å². The molecule has 0 saturated heterocycles. The Morgan fingerprint density at radius 3 is 2.20 bits per heavy atom. The van der Waals surface area contributed by atoms with Gasteiger partial charge in [0.05, 0.1) is 4.92 Å². The van der Waals surface area contributed by atoms with Crippen molar-refractivity contribution in [3.05, 3.63) is 33.9 Å². The molecule has 1 aromatic carbocycles. The molecular weight excluding hydrogens is 242 g/mol. The standard InChI is InChI=1S/C7H4F3NO3.K/c8-7(9,10)5-2-1-4(12)3-6(5)11(13)14;/h1-3,12H;/q;+1/p-1. The van der Waals surface area contributed by atoms with E-state index in [0.717, 1.165) is 0 Å². The van der Waals surface area contributed by atoms with E-state index >= 15 is 0 Å². The number of hydrogen-bond acceptors (Lipinski definition) is 3. The van der Waals surface area contributed by atoms with Crippen molar-refractivity contribution in [2.24, 2.45) is 0 Å². The molecule has 0 fully saturated rings. The monoisotopic (exact) mass is 245 g/mol. The number of hydrogen-bond donors (Lipinski definition) is 0. The van der Waals surface area contributed by atoms with Gasteiger partial charge in [0, 0.05) is 6.07 Å². The predicted molar refractivity (Wildman–Crippen MR) is 37.5 cm³/mol. The van der Waals surface area contributed by atoms with E-state index < -0.39 is 28.1 Å². The van der Waals surface area contributed by atoms with E-state index in [1.807, 2.05) is 0 Å². The van der Waals surface area contributed by atoms with Crippen molar-refractivity contribution >= 4 is 5.69 Å². The first kappa shape index (κ1) is 14.8. The summed E-state index contributed by atoms with van der Waals surface area (Å²) < 4.78 is 36.4. The smallest absolute Gasteiger partial charge is 0.872 e. The van der Waals surface area contributed by atoms with Crippen LogP contribution in [0, 0.1) is 10.1 Å². The minimum absolute atomic E-state index is 0. The molecule has 0 aliphatic carbocycles. The van der Waals surface area contributed by atoms with Gasteiger partial charge < -0.3 is 5.11 Å². The van der Waals surface area contributed by atoms with Gasteiger partial charge in [-0.05, 0) is 6.07 Å².